The summed E-state index contributed by atoms with van der Waals surface area (Å²) in [4.78, 5) is 27.3. The lowest BCUT2D eigenvalue weighted by atomic mass is 9.72. The smallest absolute Gasteiger partial charge is 0.475 e. The molecule has 1 aromatic rings. The van der Waals surface area contributed by atoms with Gasteiger partial charge in [-0.05, 0) is 56.2 Å². The topological polar surface area (TPSA) is 89.0 Å². The monoisotopic (exact) mass is 476 g/mol. The quantitative estimate of drug-likeness (QED) is 0.655. The van der Waals surface area contributed by atoms with Crippen LogP contribution in [0.3, 0.4) is 0 Å². The average molecular weight is 476 g/mol. The number of pyridine rings is 1. The van der Waals surface area contributed by atoms with Gasteiger partial charge < -0.3 is 19.5 Å². The molecule has 11 heteroatoms. The summed E-state index contributed by atoms with van der Waals surface area (Å²) in [6.07, 6.45) is 2.74. The van der Waals surface area contributed by atoms with Gasteiger partial charge in [-0.2, -0.15) is 13.2 Å². The summed E-state index contributed by atoms with van der Waals surface area (Å²) < 4.78 is 58.4. The van der Waals surface area contributed by atoms with Crippen LogP contribution in [0.15, 0.2) is 24.5 Å². The van der Waals surface area contributed by atoms with Crippen molar-refractivity contribution in [3.8, 4) is 0 Å². The van der Waals surface area contributed by atoms with Crippen molar-refractivity contribution in [2.24, 2.45) is 5.41 Å². The molecule has 2 saturated heterocycles. The van der Waals surface area contributed by atoms with Crippen LogP contribution in [0.5, 0.6) is 0 Å². The molecule has 3 heterocycles. The van der Waals surface area contributed by atoms with Crippen LogP contribution in [-0.4, -0.2) is 71.1 Å². The number of likely N-dealkylation sites (tertiary alicyclic amines) is 1. The molecule has 1 aromatic heterocycles. The predicted molar refractivity (Wildman–Crippen MR) is 108 cm³/mol. The van der Waals surface area contributed by atoms with Crippen molar-refractivity contribution in [1.82, 2.24) is 9.88 Å². The number of piperidine rings is 1. The Morgan fingerprint density at radius 2 is 1.88 bits per heavy atom. The van der Waals surface area contributed by atoms with Crippen molar-refractivity contribution in [3.05, 3.63) is 30.1 Å². The number of ether oxygens (including phenoxy) is 2. The second kappa shape index (κ2) is 10.3. The Bertz CT molecular complexity index is 819. The van der Waals surface area contributed by atoms with E-state index in [0.29, 0.717) is 39.1 Å². The van der Waals surface area contributed by atoms with Crippen LogP contribution in [0, 0.1) is 5.41 Å². The molecule has 3 fully saturated rings. The van der Waals surface area contributed by atoms with Crippen LogP contribution in [-0.2, 0) is 25.7 Å². The van der Waals surface area contributed by atoms with Gasteiger partial charge in [0, 0.05) is 37.5 Å². The third-order valence-electron chi connectivity index (χ3n) is 6.45. The first-order valence-electron chi connectivity index (χ1n) is 10.9. The molecule has 7 nitrogen and oxygen atoms in total. The molecule has 1 N–H and O–H groups in total. The molecule has 3 aliphatic rings. The molecule has 0 radical (unpaired) electrons. The van der Waals surface area contributed by atoms with Crippen LogP contribution < -0.4 is 0 Å². The minimum absolute atomic E-state index is 0.0923. The van der Waals surface area contributed by atoms with Crippen molar-refractivity contribution in [2.45, 2.75) is 63.1 Å². The molecule has 4 rings (SSSR count). The summed E-state index contributed by atoms with van der Waals surface area (Å²) in [5.41, 5.74) is -0.772. The summed E-state index contributed by atoms with van der Waals surface area (Å²) in [5.74, 6) is -3.08. The maximum atomic E-state index is 14.6. The first-order valence-corrected chi connectivity index (χ1v) is 10.9. The van der Waals surface area contributed by atoms with E-state index < -0.39 is 17.8 Å². The van der Waals surface area contributed by atoms with Gasteiger partial charge in [0.2, 0.25) is 0 Å². The van der Waals surface area contributed by atoms with Crippen LogP contribution in [0.4, 0.5) is 17.6 Å². The number of halogens is 4. The molecule has 184 valence electrons. The minimum atomic E-state index is -5.08. The zero-order chi connectivity index (χ0) is 24.1. The number of aromatic nitrogens is 1. The van der Waals surface area contributed by atoms with Gasteiger partial charge in [-0.25, -0.2) is 9.18 Å². The number of carbonyl (C=O) groups excluding carboxylic acids is 1. The summed E-state index contributed by atoms with van der Waals surface area (Å²) >= 11 is 0. The average Bonchev–Trinajstić information content (AvgIpc) is 2.77. The third-order valence-corrected chi connectivity index (χ3v) is 6.45. The number of carboxylic acids is 1. The minimum Gasteiger partial charge on any atom is -0.475 e. The molecule has 0 spiro atoms. The van der Waals surface area contributed by atoms with Crippen molar-refractivity contribution < 1.29 is 41.7 Å². The van der Waals surface area contributed by atoms with Gasteiger partial charge in [0.1, 0.15) is 0 Å². The van der Waals surface area contributed by atoms with Gasteiger partial charge >= 0.3 is 12.1 Å². The van der Waals surface area contributed by atoms with E-state index in [1.165, 1.54) is 0 Å². The standard InChI is InChI=1S/C20H27FN2O3.C2HF3O2/c21-20(7-1-8-20)18(24)23-11-5-17-19(14-23,6-2-12-26-17)15-25-13-16-3-9-22-10-4-16;3-2(4,5)1(6)7/h3-4,9-10,17H,1-2,5-8,11-15H2;(H,6,7). The summed E-state index contributed by atoms with van der Waals surface area (Å²) in [7, 11) is 0. The predicted octanol–water partition coefficient (Wildman–Crippen LogP) is 3.52. The fourth-order valence-electron chi connectivity index (χ4n) is 4.51. The normalized spacial score (nSPS) is 26.3. The molecule has 2 atom stereocenters. The maximum Gasteiger partial charge on any atom is 0.490 e. The lowest BCUT2D eigenvalue weighted by Gasteiger charge is -2.51. The van der Waals surface area contributed by atoms with E-state index in [4.69, 9.17) is 19.4 Å². The van der Waals surface area contributed by atoms with Crippen LogP contribution >= 0.6 is 0 Å². The Kier molecular flexibility index (Phi) is 7.94. The maximum absolute atomic E-state index is 14.6. The summed E-state index contributed by atoms with van der Waals surface area (Å²) in [6.45, 7) is 2.93. The highest BCUT2D eigenvalue weighted by molar-refractivity contribution is 5.86. The summed E-state index contributed by atoms with van der Waals surface area (Å²) in [5, 5.41) is 7.12. The second-order valence-corrected chi connectivity index (χ2v) is 8.81. The summed E-state index contributed by atoms with van der Waals surface area (Å²) in [6, 6.07) is 3.87. The number of rotatable bonds is 5. The lowest BCUT2D eigenvalue weighted by Crippen LogP contribution is -2.61. The first-order chi connectivity index (χ1) is 15.6. The van der Waals surface area contributed by atoms with E-state index in [1.807, 2.05) is 12.1 Å². The van der Waals surface area contributed by atoms with Crippen molar-refractivity contribution in [3.63, 3.8) is 0 Å². The van der Waals surface area contributed by atoms with Gasteiger partial charge in [-0.3, -0.25) is 9.78 Å². The van der Waals surface area contributed by atoms with Crippen molar-refractivity contribution in [2.75, 3.05) is 26.3 Å². The van der Waals surface area contributed by atoms with Crippen LogP contribution in [0.2, 0.25) is 0 Å². The van der Waals surface area contributed by atoms with Gasteiger partial charge in [-0.1, -0.05) is 0 Å². The molecular formula is C22H28F4N2O5. The number of carboxylic acid groups (broad SMARTS) is 1. The molecule has 1 saturated carbocycles. The van der Waals surface area contributed by atoms with E-state index in [2.05, 4.69) is 4.98 Å². The molecule has 33 heavy (non-hydrogen) atoms. The zero-order valence-electron chi connectivity index (χ0n) is 18.2. The second-order valence-electron chi connectivity index (χ2n) is 8.81. The Balaban J connectivity index is 0.000000383. The number of nitrogens with zero attached hydrogens (tertiary/aromatic N) is 2. The zero-order valence-corrected chi connectivity index (χ0v) is 18.2. The van der Waals surface area contributed by atoms with E-state index in [0.717, 1.165) is 37.9 Å². The fraction of sp³-hybridized carbons (Fsp3) is 0.682. The van der Waals surface area contributed by atoms with E-state index >= 15 is 0 Å². The molecular weight excluding hydrogens is 448 g/mol. The van der Waals surface area contributed by atoms with Gasteiger partial charge in [0.05, 0.1) is 19.3 Å². The van der Waals surface area contributed by atoms with Crippen LogP contribution in [0.25, 0.3) is 0 Å². The molecule has 0 bridgehead atoms. The Morgan fingerprint density at radius 1 is 1.21 bits per heavy atom. The third kappa shape index (κ3) is 6.20. The highest BCUT2D eigenvalue weighted by Gasteiger charge is 2.52. The van der Waals surface area contributed by atoms with E-state index in [9.17, 15) is 22.4 Å². The number of hydrogen-bond acceptors (Lipinski definition) is 5. The largest absolute Gasteiger partial charge is 0.490 e. The van der Waals surface area contributed by atoms with Gasteiger partial charge in [0.15, 0.2) is 5.67 Å². The Labute approximate surface area is 189 Å². The fourth-order valence-corrected chi connectivity index (χ4v) is 4.51. The lowest BCUT2D eigenvalue weighted by molar-refractivity contribution is -0.192. The first kappa shape index (κ1) is 25.4. The highest BCUT2D eigenvalue weighted by atomic mass is 19.4. The molecule has 1 amide bonds. The Hall–Kier alpha value is -2.27. The van der Waals surface area contributed by atoms with E-state index in [1.54, 1.807) is 17.3 Å². The molecule has 2 unspecified atom stereocenters. The molecule has 2 aliphatic heterocycles. The van der Waals surface area contributed by atoms with E-state index in [-0.39, 0.29) is 17.4 Å². The number of carbonyl (C=O) groups is 2. The van der Waals surface area contributed by atoms with Gasteiger partial charge in [0.25, 0.3) is 5.91 Å². The van der Waals surface area contributed by atoms with Crippen molar-refractivity contribution in [1.29, 1.82) is 0 Å². The van der Waals surface area contributed by atoms with Crippen LogP contribution in [0.1, 0.15) is 44.1 Å². The molecule has 1 aliphatic carbocycles. The molecule has 0 aromatic carbocycles. The number of amides is 1. The van der Waals surface area contributed by atoms with Crippen molar-refractivity contribution >= 4 is 11.9 Å². The number of alkyl halides is 4. The number of fused-ring (bicyclic) bond motifs is 1. The highest BCUT2D eigenvalue weighted by Crippen LogP contribution is 2.43. The SMILES string of the molecule is O=C(N1CCC2OCCCC2(COCc2ccncc2)C1)C1(F)CCC1.O=C(O)C(F)(F)F. The Morgan fingerprint density at radius 3 is 2.45 bits per heavy atom. The van der Waals surface area contributed by atoms with Gasteiger partial charge in [-0.15, -0.1) is 0 Å². The number of aliphatic carboxylic acids is 1. The number of hydrogen-bond donors (Lipinski definition) is 1.